The third-order valence-electron chi connectivity index (χ3n) is 5.47. The molecule has 1 atom stereocenters. The number of hydrogen-bond acceptors (Lipinski definition) is 7. The van der Waals surface area contributed by atoms with Crippen molar-refractivity contribution in [2.45, 2.75) is 35.2 Å². The van der Waals surface area contributed by atoms with Gasteiger partial charge in [-0.15, -0.1) is 20.4 Å². The van der Waals surface area contributed by atoms with Crippen molar-refractivity contribution in [2.24, 2.45) is 0 Å². The van der Waals surface area contributed by atoms with Crippen LogP contribution in [0.15, 0.2) is 59.1 Å². The Balaban J connectivity index is 1.28. The average molecular weight is 452 g/mol. The molecule has 0 radical (unpaired) electrons. The third-order valence-corrected chi connectivity index (χ3v) is 7.65. The number of nitrogens with zero attached hydrogens (tertiary/aromatic N) is 7. The minimum atomic E-state index is -0.267. The number of aromatic nitrogens is 7. The van der Waals surface area contributed by atoms with Crippen molar-refractivity contribution in [3.63, 3.8) is 0 Å². The maximum Gasteiger partial charge on any atom is 0.191 e. The molecule has 0 amide bonds. The van der Waals surface area contributed by atoms with Crippen LogP contribution in [0.3, 0.4) is 0 Å². The second-order valence-electron chi connectivity index (χ2n) is 7.58. The zero-order valence-corrected chi connectivity index (χ0v) is 18.1. The van der Waals surface area contributed by atoms with Crippen molar-refractivity contribution in [2.75, 3.05) is 11.5 Å². The molecule has 0 spiro atoms. The van der Waals surface area contributed by atoms with E-state index in [0.717, 1.165) is 46.0 Å². The van der Waals surface area contributed by atoms with Crippen molar-refractivity contribution in [1.82, 2.24) is 34.5 Å². The first kappa shape index (κ1) is 19.0. The molecule has 1 aliphatic carbocycles. The monoisotopic (exact) mass is 451 g/mol. The van der Waals surface area contributed by atoms with Gasteiger partial charge in [0.1, 0.15) is 5.82 Å². The van der Waals surface area contributed by atoms with Crippen molar-refractivity contribution >= 4 is 23.5 Å². The summed E-state index contributed by atoms with van der Waals surface area (Å²) >= 11 is 3.39. The molecule has 31 heavy (non-hydrogen) atoms. The summed E-state index contributed by atoms with van der Waals surface area (Å²) in [6, 6.07) is 11.3. The Kier molecular flexibility index (Phi) is 4.76. The smallest absolute Gasteiger partial charge is 0.191 e. The van der Waals surface area contributed by atoms with Gasteiger partial charge in [0.2, 0.25) is 0 Å². The molecular formula is C21H18FN7S2. The molecule has 156 valence electrons. The second kappa shape index (κ2) is 7.76. The lowest BCUT2D eigenvalue weighted by molar-refractivity contribution is 0.594. The van der Waals surface area contributed by atoms with Gasteiger partial charge in [0, 0.05) is 35.5 Å². The minimum Gasteiger partial charge on any atom is -0.299 e. The van der Waals surface area contributed by atoms with E-state index >= 15 is 0 Å². The summed E-state index contributed by atoms with van der Waals surface area (Å²) in [7, 11) is 0. The number of thioether (sulfide) groups is 2. The highest BCUT2D eigenvalue weighted by Crippen LogP contribution is 2.43. The molecule has 1 aromatic carbocycles. The molecule has 0 unspecified atom stereocenters. The number of hydrogen-bond donors (Lipinski definition) is 0. The first-order chi connectivity index (χ1) is 15.3. The molecule has 6 rings (SSSR count). The Morgan fingerprint density at radius 2 is 1.77 bits per heavy atom. The van der Waals surface area contributed by atoms with Gasteiger partial charge < -0.3 is 0 Å². The van der Waals surface area contributed by atoms with Gasteiger partial charge in [-0.2, -0.15) is 0 Å². The molecule has 7 nitrogen and oxygen atoms in total. The lowest BCUT2D eigenvalue weighted by Crippen LogP contribution is -2.12. The fourth-order valence-corrected chi connectivity index (χ4v) is 6.12. The van der Waals surface area contributed by atoms with Crippen molar-refractivity contribution in [3.8, 4) is 22.8 Å². The molecule has 1 aliphatic heterocycles. The van der Waals surface area contributed by atoms with Crippen molar-refractivity contribution < 1.29 is 4.39 Å². The van der Waals surface area contributed by atoms with Crippen LogP contribution < -0.4 is 0 Å². The fourth-order valence-electron chi connectivity index (χ4n) is 3.80. The molecule has 4 heterocycles. The van der Waals surface area contributed by atoms with Crippen LogP contribution >= 0.6 is 23.5 Å². The van der Waals surface area contributed by atoms with E-state index in [2.05, 4.69) is 34.5 Å². The van der Waals surface area contributed by atoms with E-state index in [1.54, 1.807) is 48.1 Å². The van der Waals surface area contributed by atoms with E-state index in [9.17, 15) is 4.39 Å². The van der Waals surface area contributed by atoms with E-state index in [4.69, 9.17) is 0 Å². The van der Waals surface area contributed by atoms with Crippen LogP contribution in [0.4, 0.5) is 4.39 Å². The summed E-state index contributed by atoms with van der Waals surface area (Å²) in [4.78, 5) is 4.10. The molecule has 0 bridgehead atoms. The second-order valence-corrected chi connectivity index (χ2v) is 9.55. The first-order valence-corrected chi connectivity index (χ1v) is 12.1. The molecule has 1 saturated carbocycles. The van der Waals surface area contributed by atoms with Gasteiger partial charge in [0.25, 0.3) is 0 Å². The summed E-state index contributed by atoms with van der Waals surface area (Å²) in [5.41, 5.74) is 1.51. The molecule has 2 aliphatic rings. The highest BCUT2D eigenvalue weighted by atomic mass is 32.2. The quantitative estimate of drug-likeness (QED) is 0.399. The predicted octanol–water partition coefficient (Wildman–Crippen LogP) is 4.51. The zero-order valence-electron chi connectivity index (χ0n) is 16.4. The lowest BCUT2D eigenvalue weighted by Gasteiger charge is -2.15. The van der Waals surface area contributed by atoms with Crippen LogP contribution in [0.5, 0.6) is 0 Å². The third kappa shape index (κ3) is 3.43. The van der Waals surface area contributed by atoms with Crippen LogP contribution in [-0.4, -0.2) is 46.0 Å². The molecule has 10 heteroatoms. The molecule has 3 aromatic heterocycles. The first-order valence-electron chi connectivity index (χ1n) is 10.1. The normalized spacial score (nSPS) is 17.8. The van der Waals surface area contributed by atoms with E-state index in [0.29, 0.717) is 17.4 Å². The Hall–Kier alpha value is -2.72. The summed E-state index contributed by atoms with van der Waals surface area (Å²) in [5.74, 6) is 2.97. The Morgan fingerprint density at radius 3 is 2.58 bits per heavy atom. The largest absolute Gasteiger partial charge is 0.299 e. The van der Waals surface area contributed by atoms with Crippen LogP contribution in [0, 0.1) is 5.82 Å². The number of halogens is 1. The minimum absolute atomic E-state index is 0.240. The van der Waals surface area contributed by atoms with Crippen molar-refractivity contribution in [3.05, 3.63) is 54.6 Å². The van der Waals surface area contributed by atoms with E-state index < -0.39 is 0 Å². The van der Waals surface area contributed by atoms with E-state index in [1.165, 1.54) is 6.07 Å². The van der Waals surface area contributed by atoms with Gasteiger partial charge in [-0.3, -0.25) is 14.1 Å². The van der Waals surface area contributed by atoms with E-state index in [1.807, 2.05) is 18.2 Å². The van der Waals surface area contributed by atoms with Gasteiger partial charge in [-0.1, -0.05) is 35.7 Å². The molecule has 1 fully saturated rings. The van der Waals surface area contributed by atoms with Gasteiger partial charge in [0.15, 0.2) is 22.0 Å². The zero-order chi connectivity index (χ0) is 20.8. The number of benzene rings is 1. The summed E-state index contributed by atoms with van der Waals surface area (Å²) in [6.45, 7) is 0. The molecule has 0 saturated heterocycles. The van der Waals surface area contributed by atoms with E-state index in [-0.39, 0.29) is 11.9 Å². The molecular weight excluding hydrogens is 433 g/mol. The Morgan fingerprint density at radius 1 is 0.968 bits per heavy atom. The standard InChI is InChI=1S/C21H18FN7S2/c22-17-4-2-1-3-16(17)19-25-27-20(28(19)14-5-6-14)30-11-15-12-31-21-26-24-18(29(15)21)13-7-9-23-10-8-13/h1-4,7-10,14-15H,5-6,11-12H2/t15-/m0/s1. The predicted molar refractivity (Wildman–Crippen MR) is 117 cm³/mol. The van der Waals surface area contributed by atoms with Crippen LogP contribution in [0.1, 0.15) is 24.9 Å². The molecule has 4 aromatic rings. The summed E-state index contributed by atoms with van der Waals surface area (Å²) < 4.78 is 18.7. The highest BCUT2D eigenvalue weighted by molar-refractivity contribution is 8.00. The van der Waals surface area contributed by atoms with Gasteiger partial charge >= 0.3 is 0 Å². The van der Waals surface area contributed by atoms with Gasteiger partial charge in [0.05, 0.1) is 11.6 Å². The topological polar surface area (TPSA) is 74.3 Å². The maximum atomic E-state index is 14.4. The summed E-state index contributed by atoms with van der Waals surface area (Å²) in [6.07, 6.45) is 5.69. The number of pyridine rings is 1. The Labute approximate surface area is 186 Å². The average Bonchev–Trinajstić information content (AvgIpc) is 3.23. The SMILES string of the molecule is Fc1ccccc1-c1nnc(SC[C@H]2CSc3nnc(-c4ccncc4)n32)n1C1CC1. The van der Waals surface area contributed by atoms with Crippen LogP contribution in [0.25, 0.3) is 22.8 Å². The highest BCUT2D eigenvalue weighted by Gasteiger charge is 2.33. The fraction of sp³-hybridized carbons (Fsp3) is 0.286. The molecule has 0 N–H and O–H groups in total. The summed E-state index contributed by atoms with van der Waals surface area (Å²) in [5, 5.41) is 19.3. The number of rotatable bonds is 6. The maximum absolute atomic E-state index is 14.4. The number of fused-ring (bicyclic) bond motifs is 1. The van der Waals surface area contributed by atoms with Crippen LogP contribution in [-0.2, 0) is 0 Å². The lowest BCUT2D eigenvalue weighted by atomic mass is 10.2. The van der Waals surface area contributed by atoms with Crippen LogP contribution in [0.2, 0.25) is 0 Å². The van der Waals surface area contributed by atoms with Crippen molar-refractivity contribution in [1.29, 1.82) is 0 Å². The Bertz CT molecular complexity index is 1240. The van der Waals surface area contributed by atoms with Gasteiger partial charge in [-0.05, 0) is 37.1 Å². The van der Waals surface area contributed by atoms with Gasteiger partial charge in [-0.25, -0.2) is 4.39 Å².